The Labute approximate surface area is 118 Å². The van der Waals surface area contributed by atoms with Gasteiger partial charge in [0.2, 0.25) is 0 Å². The van der Waals surface area contributed by atoms with Crippen molar-refractivity contribution in [1.82, 2.24) is 9.55 Å². The minimum absolute atomic E-state index is 0.192. The van der Waals surface area contributed by atoms with Crippen LogP contribution in [0.4, 0.5) is 0 Å². The average Bonchev–Trinajstić information content (AvgIpc) is 2.70. The number of aliphatic hydroxyl groups is 3. The first kappa shape index (κ1) is 15.2. The predicted molar refractivity (Wildman–Crippen MR) is 68.8 cm³/mol. The minimum atomic E-state index is -1.39. The second-order valence-corrected chi connectivity index (χ2v) is 4.87. The van der Waals surface area contributed by atoms with Crippen molar-refractivity contribution < 1.29 is 20.1 Å². The molecule has 9 heteroatoms. The molecule has 112 valence electrons. The topological polar surface area (TPSA) is 125 Å². The molecule has 0 bridgehead atoms. The van der Waals surface area contributed by atoms with E-state index in [-0.39, 0.29) is 17.9 Å². The fraction of sp³-hybridized carbons (Fsp3) is 0.636. The highest BCUT2D eigenvalue weighted by Crippen LogP contribution is 2.27. The van der Waals surface area contributed by atoms with Crippen molar-refractivity contribution >= 4 is 11.6 Å². The molecule has 1 aliphatic rings. The summed E-state index contributed by atoms with van der Waals surface area (Å²) in [7, 11) is 0. The number of ether oxygens (including phenoxy) is 1. The summed E-state index contributed by atoms with van der Waals surface area (Å²) in [6, 6.07) is 0. The van der Waals surface area contributed by atoms with Crippen LogP contribution < -0.4 is 11.2 Å². The second-order valence-electron chi connectivity index (χ2n) is 4.49. The van der Waals surface area contributed by atoms with Crippen LogP contribution in [-0.2, 0) is 11.2 Å². The number of hydrogen-bond acceptors (Lipinski definition) is 6. The molecule has 0 unspecified atom stereocenters. The van der Waals surface area contributed by atoms with Gasteiger partial charge in [0.05, 0.1) is 6.61 Å². The Kier molecular flexibility index (Phi) is 4.61. The van der Waals surface area contributed by atoms with Gasteiger partial charge in [-0.05, 0) is 6.42 Å². The maximum Gasteiger partial charge on any atom is 0.330 e. The molecule has 0 radical (unpaired) electrons. The number of nitrogens with zero attached hydrogens (tertiary/aromatic N) is 1. The lowest BCUT2D eigenvalue weighted by Gasteiger charge is -2.17. The number of aromatic nitrogens is 2. The molecule has 1 aliphatic heterocycles. The molecule has 0 aromatic carbocycles. The number of nitrogens with one attached hydrogen (secondary N) is 1. The molecule has 0 aliphatic carbocycles. The van der Waals surface area contributed by atoms with Crippen molar-refractivity contribution in [1.29, 1.82) is 0 Å². The van der Waals surface area contributed by atoms with Gasteiger partial charge in [-0.3, -0.25) is 14.3 Å². The van der Waals surface area contributed by atoms with Gasteiger partial charge < -0.3 is 20.1 Å². The summed E-state index contributed by atoms with van der Waals surface area (Å²) in [5, 5.41) is 28.5. The first-order valence-corrected chi connectivity index (χ1v) is 6.55. The van der Waals surface area contributed by atoms with Gasteiger partial charge in [0.25, 0.3) is 5.56 Å². The molecule has 20 heavy (non-hydrogen) atoms. The lowest BCUT2D eigenvalue weighted by Crippen LogP contribution is -2.39. The number of rotatable bonds is 4. The number of hydrogen-bond donors (Lipinski definition) is 4. The normalized spacial score (nSPS) is 29.8. The SMILES string of the molecule is O=c1[nH]c(=O)n([C@@H]2O[C@H](CO)[C@@H](O)[C@@H]2O)cc1CCCl. The van der Waals surface area contributed by atoms with Crippen LogP contribution in [0.15, 0.2) is 15.8 Å². The van der Waals surface area contributed by atoms with Crippen molar-refractivity contribution in [2.75, 3.05) is 12.5 Å². The van der Waals surface area contributed by atoms with Crippen LogP contribution in [0.1, 0.15) is 11.8 Å². The van der Waals surface area contributed by atoms with E-state index in [9.17, 15) is 19.8 Å². The maximum atomic E-state index is 11.8. The Bertz CT molecular complexity index is 585. The fourth-order valence-corrected chi connectivity index (χ4v) is 2.31. The van der Waals surface area contributed by atoms with Crippen molar-refractivity contribution in [2.24, 2.45) is 0 Å². The van der Waals surface area contributed by atoms with E-state index in [0.717, 1.165) is 4.57 Å². The molecule has 0 saturated carbocycles. The lowest BCUT2D eigenvalue weighted by molar-refractivity contribution is -0.0551. The third-order valence-electron chi connectivity index (χ3n) is 3.20. The van der Waals surface area contributed by atoms with Crippen molar-refractivity contribution in [3.63, 3.8) is 0 Å². The van der Waals surface area contributed by atoms with Crippen LogP contribution in [0.2, 0.25) is 0 Å². The summed E-state index contributed by atoms with van der Waals surface area (Å²) < 4.78 is 6.21. The number of halogens is 1. The van der Waals surface area contributed by atoms with Gasteiger partial charge in [-0.25, -0.2) is 4.79 Å². The molecule has 1 aromatic heterocycles. The number of H-pyrrole nitrogens is 1. The summed E-state index contributed by atoms with van der Waals surface area (Å²) in [6.07, 6.45) is -3.40. The lowest BCUT2D eigenvalue weighted by atomic mass is 10.1. The summed E-state index contributed by atoms with van der Waals surface area (Å²) in [5.41, 5.74) is -1.07. The van der Waals surface area contributed by atoms with E-state index in [1.807, 2.05) is 0 Å². The van der Waals surface area contributed by atoms with E-state index in [1.54, 1.807) is 0 Å². The highest BCUT2D eigenvalue weighted by Gasteiger charge is 2.43. The van der Waals surface area contributed by atoms with Gasteiger partial charge in [0.15, 0.2) is 6.23 Å². The molecule has 4 N–H and O–H groups in total. The van der Waals surface area contributed by atoms with Gasteiger partial charge in [0, 0.05) is 17.6 Å². The standard InChI is InChI=1S/C11H15ClN2O6/c12-2-1-5-3-14(11(19)13-9(5)18)10-8(17)7(16)6(4-15)20-10/h3,6-8,10,15-17H,1-2,4H2,(H,13,18,19)/t6-,7-,8+,10-/m1/s1. The maximum absolute atomic E-state index is 11.8. The van der Waals surface area contributed by atoms with E-state index in [1.165, 1.54) is 6.20 Å². The Balaban J connectivity index is 2.40. The van der Waals surface area contributed by atoms with Gasteiger partial charge in [-0.2, -0.15) is 0 Å². The molecule has 2 heterocycles. The third kappa shape index (κ3) is 2.65. The van der Waals surface area contributed by atoms with Crippen molar-refractivity contribution in [3.05, 3.63) is 32.6 Å². The van der Waals surface area contributed by atoms with Gasteiger partial charge in [-0.1, -0.05) is 0 Å². The van der Waals surface area contributed by atoms with Crippen molar-refractivity contribution in [2.45, 2.75) is 31.0 Å². The summed E-state index contributed by atoms with van der Waals surface area (Å²) in [4.78, 5) is 25.4. The zero-order chi connectivity index (χ0) is 14.9. The summed E-state index contributed by atoms with van der Waals surface area (Å²) in [5.74, 6) is 0.192. The minimum Gasteiger partial charge on any atom is -0.394 e. The van der Waals surface area contributed by atoms with Crippen LogP contribution in [-0.4, -0.2) is 55.7 Å². The molecule has 1 saturated heterocycles. The van der Waals surface area contributed by atoms with E-state index in [4.69, 9.17) is 21.4 Å². The van der Waals surface area contributed by atoms with E-state index >= 15 is 0 Å². The molecule has 0 amide bonds. The largest absolute Gasteiger partial charge is 0.394 e. The molecular formula is C11H15ClN2O6. The van der Waals surface area contributed by atoms with Gasteiger partial charge in [-0.15, -0.1) is 11.6 Å². The van der Waals surface area contributed by atoms with Crippen molar-refractivity contribution in [3.8, 4) is 0 Å². The monoisotopic (exact) mass is 306 g/mol. The zero-order valence-corrected chi connectivity index (χ0v) is 11.2. The van der Waals surface area contributed by atoms with Crippen LogP contribution in [0.5, 0.6) is 0 Å². The zero-order valence-electron chi connectivity index (χ0n) is 10.4. The van der Waals surface area contributed by atoms with Crippen LogP contribution in [0, 0.1) is 0 Å². The van der Waals surface area contributed by atoms with Crippen LogP contribution in [0.25, 0.3) is 0 Å². The molecule has 0 spiro atoms. The highest BCUT2D eigenvalue weighted by atomic mass is 35.5. The molecular weight excluding hydrogens is 292 g/mol. The molecule has 1 aromatic rings. The fourth-order valence-electron chi connectivity index (χ4n) is 2.11. The predicted octanol–water partition coefficient (Wildman–Crippen LogP) is -2.07. The van der Waals surface area contributed by atoms with Crippen LogP contribution >= 0.6 is 11.6 Å². The number of alkyl halides is 1. The average molecular weight is 307 g/mol. The molecule has 4 atom stereocenters. The Morgan fingerprint density at radius 1 is 1.35 bits per heavy atom. The third-order valence-corrected chi connectivity index (χ3v) is 3.39. The van der Waals surface area contributed by atoms with E-state index < -0.39 is 42.4 Å². The second kappa shape index (κ2) is 6.06. The number of aliphatic hydroxyl groups excluding tert-OH is 3. The summed E-state index contributed by atoms with van der Waals surface area (Å²) in [6.45, 7) is -0.499. The highest BCUT2D eigenvalue weighted by molar-refractivity contribution is 6.17. The Hall–Kier alpha value is -1.19. The van der Waals surface area contributed by atoms with Gasteiger partial charge >= 0.3 is 5.69 Å². The summed E-state index contributed by atoms with van der Waals surface area (Å²) >= 11 is 5.56. The Morgan fingerprint density at radius 2 is 2.05 bits per heavy atom. The molecule has 1 fully saturated rings. The number of aryl methyl sites for hydroxylation is 1. The first-order valence-electron chi connectivity index (χ1n) is 6.02. The van der Waals surface area contributed by atoms with Crippen LogP contribution in [0.3, 0.4) is 0 Å². The Morgan fingerprint density at radius 3 is 2.60 bits per heavy atom. The molecule has 8 nitrogen and oxygen atoms in total. The number of aromatic amines is 1. The van der Waals surface area contributed by atoms with Gasteiger partial charge in [0.1, 0.15) is 18.3 Å². The quantitative estimate of drug-likeness (QED) is 0.474. The smallest absolute Gasteiger partial charge is 0.330 e. The van der Waals surface area contributed by atoms with E-state index in [2.05, 4.69) is 4.98 Å². The first-order chi connectivity index (χ1) is 9.49. The molecule has 2 rings (SSSR count). The van der Waals surface area contributed by atoms with E-state index in [0.29, 0.717) is 0 Å².